The molecular weight excluding hydrogens is 261 g/mol. The summed E-state index contributed by atoms with van der Waals surface area (Å²) in [5.74, 6) is -1.28. The zero-order valence-corrected chi connectivity index (χ0v) is 12.0. The van der Waals surface area contributed by atoms with E-state index in [9.17, 15) is 9.18 Å². The van der Waals surface area contributed by atoms with E-state index in [1.165, 1.54) is 26.2 Å². The van der Waals surface area contributed by atoms with E-state index in [2.05, 4.69) is 5.32 Å². The highest BCUT2D eigenvalue weighted by atomic mass is 19.1. The lowest BCUT2D eigenvalue weighted by Gasteiger charge is -2.22. The summed E-state index contributed by atoms with van der Waals surface area (Å²) in [5, 5.41) is 11.5. The second-order valence-corrected chi connectivity index (χ2v) is 4.89. The van der Waals surface area contributed by atoms with Gasteiger partial charge in [0.1, 0.15) is 11.4 Å². The minimum atomic E-state index is -1.20. The Kier molecular flexibility index (Phi) is 5.06. The molecule has 1 amide bonds. The van der Waals surface area contributed by atoms with E-state index in [1.54, 1.807) is 25.1 Å². The van der Waals surface area contributed by atoms with Gasteiger partial charge in [0.15, 0.2) is 0 Å². The van der Waals surface area contributed by atoms with Gasteiger partial charge < -0.3 is 15.0 Å². The van der Waals surface area contributed by atoms with E-state index in [0.29, 0.717) is 5.69 Å². The van der Waals surface area contributed by atoms with E-state index >= 15 is 0 Å². The van der Waals surface area contributed by atoms with Crippen LogP contribution < -0.4 is 10.2 Å². The molecule has 0 radical (unpaired) electrons. The third-order valence-corrected chi connectivity index (χ3v) is 2.78. The van der Waals surface area contributed by atoms with Crippen LogP contribution in [0.3, 0.4) is 0 Å². The maximum absolute atomic E-state index is 13.9. The molecule has 0 aliphatic heterocycles. The van der Waals surface area contributed by atoms with E-state index in [1.807, 2.05) is 6.07 Å². The first kappa shape index (κ1) is 15.9. The van der Waals surface area contributed by atoms with Crippen molar-refractivity contribution >= 4 is 11.6 Å². The van der Waals surface area contributed by atoms with Crippen molar-refractivity contribution in [1.29, 1.82) is 5.26 Å². The Bertz CT molecular complexity index is 540. The molecule has 1 atom stereocenters. The third-order valence-electron chi connectivity index (χ3n) is 2.78. The molecular formula is C14H18FN3O2. The Hall–Kier alpha value is -2.13. The van der Waals surface area contributed by atoms with Crippen LogP contribution in [-0.2, 0) is 4.74 Å². The van der Waals surface area contributed by atoms with Gasteiger partial charge in [-0.15, -0.1) is 0 Å². The molecule has 0 heterocycles. The number of carbonyl (C=O) groups excluding carboxylic acids is 1. The van der Waals surface area contributed by atoms with Gasteiger partial charge in [0.2, 0.25) is 0 Å². The number of ether oxygens (including phenoxy) is 1. The van der Waals surface area contributed by atoms with Gasteiger partial charge in [-0.25, -0.2) is 4.39 Å². The molecule has 0 saturated carbocycles. The number of anilines is 1. The van der Waals surface area contributed by atoms with Crippen molar-refractivity contribution in [1.82, 2.24) is 5.32 Å². The Morgan fingerprint density at radius 2 is 2.20 bits per heavy atom. The highest BCUT2D eigenvalue weighted by molar-refractivity contribution is 5.95. The molecule has 0 aliphatic rings. The van der Waals surface area contributed by atoms with E-state index in [4.69, 9.17) is 10.00 Å². The number of halogens is 1. The highest BCUT2D eigenvalue weighted by Gasteiger charge is 2.27. The fraction of sp³-hybridized carbons (Fsp3) is 0.429. The van der Waals surface area contributed by atoms with Crippen molar-refractivity contribution in [2.45, 2.75) is 12.5 Å². The Balaban J connectivity index is 2.96. The monoisotopic (exact) mass is 279 g/mol. The predicted octanol–water partition coefficient (Wildman–Crippen LogP) is 1.55. The first-order valence-electron chi connectivity index (χ1n) is 6.02. The molecule has 1 aromatic rings. The Labute approximate surface area is 117 Å². The van der Waals surface area contributed by atoms with Crippen molar-refractivity contribution in [3.63, 3.8) is 0 Å². The van der Waals surface area contributed by atoms with Gasteiger partial charge in [-0.2, -0.15) is 5.26 Å². The second-order valence-electron chi connectivity index (χ2n) is 4.89. The quantitative estimate of drug-likeness (QED) is 0.888. The first-order valence-corrected chi connectivity index (χ1v) is 6.02. The lowest BCUT2D eigenvalue weighted by atomic mass is 10.0. The topological polar surface area (TPSA) is 65.4 Å². The fourth-order valence-electron chi connectivity index (χ4n) is 1.67. The molecule has 1 aromatic carbocycles. The molecule has 108 valence electrons. The molecule has 0 spiro atoms. The zero-order valence-electron chi connectivity index (χ0n) is 12.0. The summed E-state index contributed by atoms with van der Waals surface area (Å²) in [6.45, 7) is 1.53. The van der Waals surface area contributed by atoms with Crippen molar-refractivity contribution < 1.29 is 13.9 Å². The van der Waals surface area contributed by atoms with Gasteiger partial charge in [-0.3, -0.25) is 4.79 Å². The summed E-state index contributed by atoms with van der Waals surface area (Å²) in [5.41, 5.74) is -0.648. The first-order chi connectivity index (χ1) is 9.33. The lowest BCUT2D eigenvalue weighted by Crippen LogP contribution is -2.48. The molecule has 0 saturated heterocycles. The highest BCUT2D eigenvalue weighted by Crippen LogP contribution is 2.17. The summed E-state index contributed by atoms with van der Waals surface area (Å²) >= 11 is 0. The molecule has 5 nitrogen and oxygen atoms in total. The van der Waals surface area contributed by atoms with Crippen LogP contribution in [0.4, 0.5) is 10.1 Å². The van der Waals surface area contributed by atoms with Crippen LogP contribution in [-0.4, -0.2) is 39.3 Å². The minimum Gasteiger partial charge on any atom is -0.381 e. The second kappa shape index (κ2) is 6.35. The van der Waals surface area contributed by atoms with Gasteiger partial charge >= 0.3 is 0 Å². The molecule has 0 fully saturated rings. The molecule has 0 unspecified atom stereocenters. The number of hydrogen-bond donors (Lipinski definition) is 1. The zero-order chi connectivity index (χ0) is 15.3. The van der Waals surface area contributed by atoms with Crippen molar-refractivity contribution in [2.24, 2.45) is 0 Å². The normalized spacial score (nSPS) is 13.2. The number of hydrogen-bond acceptors (Lipinski definition) is 4. The summed E-state index contributed by atoms with van der Waals surface area (Å²) in [6.07, 6.45) is 0. The molecule has 0 aromatic heterocycles. The smallest absolute Gasteiger partial charge is 0.255 e. The van der Waals surface area contributed by atoms with E-state index in [-0.39, 0.29) is 12.2 Å². The minimum absolute atomic E-state index is 0.0205. The van der Waals surface area contributed by atoms with Gasteiger partial charge in [0.05, 0.1) is 18.2 Å². The average molecular weight is 279 g/mol. The van der Waals surface area contributed by atoms with Crippen LogP contribution in [0.5, 0.6) is 0 Å². The van der Waals surface area contributed by atoms with E-state index in [0.717, 1.165) is 0 Å². The Morgan fingerprint density at radius 3 is 2.65 bits per heavy atom. The number of carbonyl (C=O) groups is 1. The summed E-state index contributed by atoms with van der Waals surface area (Å²) in [4.78, 5) is 13.8. The van der Waals surface area contributed by atoms with Gasteiger partial charge in [-0.1, -0.05) is 0 Å². The lowest BCUT2D eigenvalue weighted by molar-refractivity contribution is 0.0856. The molecule has 0 aliphatic carbocycles. The van der Waals surface area contributed by atoms with Crippen LogP contribution in [0.25, 0.3) is 0 Å². The third kappa shape index (κ3) is 3.68. The molecule has 20 heavy (non-hydrogen) atoms. The summed E-state index contributed by atoms with van der Waals surface area (Å²) in [7, 11) is 4.98. The number of nitrogens with one attached hydrogen (secondary N) is 1. The maximum Gasteiger partial charge on any atom is 0.255 e. The summed E-state index contributed by atoms with van der Waals surface area (Å²) < 4.78 is 18.8. The Morgan fingerprint density at radius 1 is 1.55 bits per heavy atom. The number of nitrogens with zero attached hydrogens (tertiary/aromatic N) is 2. The molecule has 1 rings (SSSR count). The number of methoxy groups -OCH3 is 1. The predicted molar refractivity (Wildman–Crippen MR) is 74.1 cm³/mol. The van der Waals surface area contributed by atoms with Gasteiger partial charge in [0, 0.05) is 26.9 Å². The van der Waals surface area contributed by atoms with Gasteiger partial charge in [-0.05, 0) is 25.1 Å². The number of rotatable bonds is 5. The fourth-order valence-corrected chi connectivity index (χ4v) is 1.67. The maximum atomic E-state index is 13.9. The SMILES string of the molecule is COC[C@](C)(C#N)NC(=O)c1ccc(N(C)C)cc1F. The van der Waals surface area contributed by atoms with Gasteiger partial charge in [0.25, 0.3) is 5.91 Å². The number of benzene rings is 1. The number of nitriles is 1. The van der Waals surface area contributed by atoms with Crippen LogP contribution in [0.2, 0.25) is 0 Å². The standard InChI is InChI=1S/C14H18FN3O2/c1-14(8-16,9-20-4)17-13(19)11-6-5-10(18(2)3)7-12(11)15/h5-7H,9H2,1-4H3,(H,17,19)/t14-/m0/s1. The van der Waals surface area contributed by atoms with Crippen molar-refractivity contribution in [2.75, 3.05) is 32.7 Å². The molecule has 6 heteroatoms. The van der Waals surface area contributed by atoms with Crippen LogP contribution >= 0.6 is 0 Å². The molecule has 1 N–H and O–H groups in total. The van der Waals surface area contributed by atoms with Crippen LogP contribution in [0.15, 0.2) is 18.2 Å². The number of amides is 1. The van der Waals surface area contributed by atoms with Crippen LogP contribution in [0, 0.1) is 17.1 Å². The van der Waals surface area contributed by atoms with Crippen LogP contribution in [0.1, 0.15) is 17.3 Å². The van der Waals surface area contributed by atoms with E-state index < -0.39 is 17.3 Å². The van der Waals surface area contributed by atoms with Crippen molar-refractivity contribution in [3.8, 4) is 6.07 Å². The molecule has 0 bridgehead atoms. The van der Waals surface area contributed by atoms with Crippen molar-refractivity contribution in [3.05, 3.63) is 29.6 Å². The largest absolute Gasteiger partial charge is 0.381 e. The summed E-state index contributed by atoms with van der Waals surface area (Å²) in [6, 6.07) is 6.24. The average Bonchev–Trinajstić information content (AvgIpc) is 2.38.